The monoisotopic (exact) mass is 281 g/mol. The van der Waals surface area contributed by atoms with Crippen molar-refractivity contribution in [1.82, 2.24) is 20.0 Å². The minimum Gasteiger partial charge on any atom is -0.379 e. The van der Waals surface area contributed by atoms with Crippen LogP contribution in [0.3, 0.4) is 0 Å². The van der Waals surface area contributed by atoms with E-state index in [9.17, 15) is 4.79 Å². The summed E-state index contributed by atoms with van der Waals surface area (Å²) in [5.74, 6) is 0.702. The van der Waals surface area contributed by atoms with Crippen molar-refractivity contribution in [1.29, 1.82) is 0 Å². The molecule has 1 aromatic heterocycles. The molecule has 0 aromatic carbocycles. The summed E-state index contributed by atoms with van der Waals surface area (Å²) in [7, 11) is 1.81. The van der Waals surface area contributed by atoms with E-state index >= 15 is 0 Å². The molecule has 112 valence electrons. The van der Waals surface area contributed by atoms with Crippen LogP contribution in [0.4, 0.5) is 10.6 Å². The first-order chi connectivity index (χ1) is 9.65. The summed E-state index contributed by atoms with van der Waals surface area (Å²) < 4.78 is 6.95. The van der Waals surface area contributed by atoms with Crippen molar-refractivity contribution < 1.29 is 9.53 Å². The van der Waals surface area contributed by atoms with Gasteiger partial charge in [0.1, 0.15) is 5.82 Å². The van der Waals surface area contributed by atoms with Crippen molar-refractivity contribution in [3.05, 3.63) is 11.8 Å². The van der Waals surface area contributed by atoms with E-state index in [-0.39, 0.29) is 6.03 Å². The van der Waals surface area contributed by atoms with Gasteiger partial charge in [-0.1, -0.05) is 0 Å². The summed E-state index contributed by atoms with van der Waals surface area (Å²) in [6.45, 7) is 7.16. The van der Waals surface area contributed by atoms with Gasteiger partial charge in [0.05, 0.1) is 18.9 Å². The molecule has 1 saturated heterocycles. The summed E-state index contributed by atoms with van der Waals surface area (Å²) in [4.78, 5) is 14.1. The number of carbonyl (C=O) groups excluding carboxylic acids is 1. The van der Waals surface area contributed by atoms with Crippen LogP contribution in [-0.4, -0.2) is 60.1 Å². The maximum atomic E-state index is 11.7. The maximum Gasteiger partial charge on any atom is 0.320 e. The summed E-state index contributed by atoms with van der Waals surface area (Å²) >= 11 is 0. The molecule has 0 atom stereocenters. The predicted octanol–water partition coefficient (Wildman–Crippen LogP) is 0.572. The Morgan fingerprint density at radius 2 is 2.20 bits per heavy atom. The van der Waals surface area contributed by atoms with Crippen molar-refractivity contribution in [2.75, 3.05) is 44.7 Å². The molecule has 1 aliphatic heterocycles. The van der Waals surface area contributed by atoms with Gasteiger partial charge < -0.3 is 10.1 Å². The molecule has 7 nitrogen and oxygen atoms in total. The van der Waals surface area contributed by atoms with Crippen molar-refractivity contribution in [3.8, 4) is 0 Å². The number of amides is 2. The zero-order valence-corrected chi connectivity index (χ0v) is 12.2. The van der Waals surface area contributed by atoms with Crippen LogP contribution in [0.2, 0.25) is 0 Å². The van der Waals surface area contributed by atoms with E-state index in [1.807, 2.05) is 13.0 Å². The summed E-state index contributed by atoms with van der Waals surface area (Å²) in [6, 6.07) is 1.66. The molecule has 0 aliphatic carbocycles. The molecule has 0 radical (unpaired) electrons. The van der Waals surface area contributed by atoms with Crippen LogP contribution in [0.1, 0.15) is 12.1 Å². The van der Waals surface area contributed by atoms with E-state index in [1.54, 1.807) is 11.7 Å². The van der Waals surface area contributed by atoms with E-state index in [2.05, 4.69) is 20.6 Å². The first-order valence-electron chi connectivity index (χ1n) is 7.01. The summed E-state index contributed by atoms with van der Waals surface area (Å²) in [5.41, 5.74) is 0.884. The smallest absolute Gasteiger partial charge is 0.320 e. The van der Waals surface area contributed by atoms with E-state index < -0.39 is 0 Å². The van der Waals surface area contributed by atoms with Crippen molar-refractivity contribution in [3.63, 3.8) is 0 Å². The lowest BCUT2D eigenvalue weighted by Crippen LogP contribution is -2.38. The molecule has 2 N–H and O–H groups in total. The van der Waals surface area contributed by atoms with Crippen LogP contribution < -0.4 is 10.6 Å². The third-order valence-corrected chi connectivity index (χ3v) is 3.28. The Bertz CT molecular complexity index is 440. The number of anilines is 1. The van der Waals surface area contributed by atoms with Gasteiger partial charge in [-0.15, -0.1) is 0 Å². The Balaban J connectivity index is 1.61. The number of rotatable bonds is 5. The standard InChI is InChI=1S/C13H23N5O2/c1-11-10-12(17(2)16-11)15-13(19)14-4-3-5-18-6-8-20-9-7-18/h10H,3-9H2,1-2H3,(H2,14,15,19). The molecule has 1 fully saturated rings. The Morgan fingerprint density at radius 1 is 1.45 bits per heavy atom. The molecule has 1 aliphatic rings. The Morgan fingerprint density at radius 3 is 2.85 bits per heavy atom. The first kappa shape index (κ1) is 14.8. The minimum absolute atomic E-state index is 0.185. The second kappa shape index (κ2) is 7.25. The lowest BCUT2D eigenvalue weighted by molar-refractivity contribution is 0.0375. The van der Waals surface area contributed by atoms with Crippen molar-refractivity contribution in [2.45, 2.75) is 13.3 Å². The number of ether oxygens (including phenoxy) is 1. The van der Waals surface area contributed by atoms with Gasteiger partial charge in [-0.25, -0.2) is 4.79 Å². The van der Waals surface area contributed by atoms with E-state index in [4.69, 9.17) is 4.74 Å². The molecule has 2 heterocycles. The van der Waals surface area contributed by atoms with Crippen LogP contribution in [-0.2, 0) is 11.8 Å². The minimum atomic E-state index is -0.185. The molecule has 2 amide bonds. The lowest BCUT2D eigenvalue weighted by Gasteiger charge is -2.26. The van der Waals surface area contributed by atoms with Gasteiger partial charge in [-0.2, -0.15) is 5.10 Å². The molecule has 2 rings (SSSR count). The third kappa shape index (κ3) is 4.50. The van der Waals surface area contributed by atoms with Crippen LogP contribution >= 0.6 is 0 Å². The second-order valence-corrected chi connectivity index (χ2v) is 4.98. The highest BCUT2D eigenvalue weighted by atomic mass is 16.5. The highest BCUT2D eigenvalue weighted by Gasteiger charge is 2.10. The number of carbonyl (C=O) groups is 1. The van der Waals surface area contributed by atoms with Gasteiger partial charge in [0.2, 0.25) is 0 Å². The molecule has 0 unspecified atom stereocenters. The topological polar surface area (TPSA) is 71.4 Å². The highest BCUT2D eigenvalue weighted by molar-refractivity contribution is 5.88. The molecule has 7 heteroatoms. The van der Waals surface area contributed by atoms with Gasteiger partial charge in [0, 0.05) is 32.7 Å². The Labute approximate surface area is 119 Å². The third-order valence-electron chi connectivity index (χ3n) is 3.28. The quantitative estimate of drug-likeness (QED) is 0.774. The van der Waals surface area contributed by atoms with Gasteiger partial charge in [-0.3, -0.25) is 14.9 Å². The predicted molar refractivity (Wildman–Crippen MR) is 76.8 cm³/mol. The van der Waals surface area contributed by atoms with Gasteiger partial charge >= 0.3 is 6.03 Å². The molecule has 1 aromatic rings. The molecular formula is C13H23N5O2. The average molecular weight is 281 g/mol. The second-order valence-electron chi connectivity index (χ2n) is 4.98. The first-order valence-corrected chi connectivity index (χ1v) is 7.01. The number of aryl methyl sites for hydroxylation is 2. The average Bonchev–Trinajstić information content (AvgIpc) is 2.74. The number of urea groups is 1. The number of nitrogens with zero attached hydrogens (tertiary/aromatic N) is 3. The normalized spacial score (nSPS) is 16.1. The van der Waals surface area contributed by atoms with Gasteiger partial charge in [0.15, 0.2) is 0 Å². The van der Waals surface area contributed by atoms with E-state index in [0.717, 1.165) is 45.0 Å². The number of morpholine rings is 1. The Hall–Kier alpha value is -1.60. The van der Waals surface area contributed by atoms with Crippen LogP contribution in [0.5, 0.6) is 0 Å². The fraction of sp³-hybridized carbons (Fsp3) is 0.692. The van der Waals surface area contributed by atoms with Crippen molar-refractivity contribution in [2.24, 2.45) is 7.05 Å². The molecule has 0 saturated carbocycles. The van der Waals surface area contributed by atoms with Crippen LogP contribution in [0.25, 0.3) is 0 Å². The molecule has 0 spiro atoms. The van der Waals surface area contributed by atoms with E-state index in [0.29, 0.717) is 12.4 Å². The molecule has 20 heavy (non-hydrogen) atoms. The molecule has 0 bridgehead atoms. The van der Waals surface area contributed by atoms with E-state index in [1.165, 1.54) is 0 Å². The Kier molecular flexibility index (Phi) is 5.37. The fourth-order valence-corrected chi connectivity index (χ4v) is 2.22. The SMILES string of the molecule is Cc1cc(NC(=O)NCCCN2CCOCC2)n(C)n1. The van der Waals surface area contributed by atoms with Gasteiger partial charge in [0.25, 0.3) is 0 Å². The zero-order valence-electron chi connectivity index (χ0n) is 12.2. The van der Waals surface area contributed by atoms with Crippen LogP contribution in [0, 0.1) is 6.92 Å². The number of aromatic nitrogens is 2. The largest absolute Gasteiger partial charge is 0.379 e. The molecular weight excluding hydrogens is 258 g/mol. The zero-order chi connectivity index (χ0) is 14.4. The van der Waals surface area contributed by atoms with Crippen molar-refractivity contribution >= 4 is 11.8 Å². The summed E-state index contributed by atoms with van der Waals surface area (Å²) in [6.07, 6.45) is 0.942. The number of nitrogens with one attached hydrogen (secondary N) is 2. The lowest BCUT2D eigenvalue weighted by atomic mass is 10.3. The number of hydrogen-bond donors (Lipinski definition) is 2. The maximum absolute atomic E-state index is 11.7. The summed E-state index contributed by atoms with van der Waals surface area (Å²) in [5, 5.41) is 9.82. The fourth-order valence-electron chi connectivity index (χ4n) is 2.22. The van der Waals surface area contributed by atoms with Gasteiger partial charge in [-0.05, 0) is 19.9 Å². The number of hydrogen-bond acceptors (Lipinski definition) is 4. The highest BCUT2D eigenvalue weighted by Crippen LogP contribution is 2.07. The van der Waals surface area contributed by atoms with Crippen LogP contribution in [0.15, 0.2) is 6.07 Å².